The standard InChI is InChI=1S/C21H23N7O2S/c1-27-9-11-28(12-10-27)16-6-4-14(5-7-16)19(30)26-20-17(18(22)29)25-21(31-20)24-15-3-2-8-23-13-15/h2-8,13H,9-12H2,1H3,(H2,22,29)(H,24,25)(H,26,30). The van der Waals surface area contributed by atoms with E-state index in [0.717, 1.165) is 43.2 Å². The molecule has 0 bridgehead atoms. The molecule has 0 radical (unpaired) electrons. The molecule has 31 heavy (non-hydrogen) atoms. The van der Waals surface area contributed by atoms with Gasteiger partial charge in [-0.15, -0.1) is 0 Å². The van der Waals surface area contributed by atoms with Crippen LogP contribution < -0.4 is 21.3 Å². The number of nitrogens with zero attached hydrogens (tertiary/aromatic N) is 4. The van der Waals surface area contributed by atoms with E-state index < -0.39 is 5.91 Å². The van der Waals surface area contributed by atoms with Gasteiger partial charge >= 0.3 is 0 Å². The minimum absolute atomic E-state index is 0.0128. The third-order valence-corrected chi connectivity index (χ3v) is 5.88. The maximum Gasteiger partial charge on any atom is 0.270 e. The van der Waals surface area contributed by atoms with Crippen LogP contribution in [0.3, 0.4) is 0 Å². The van der Waals surface area contributed by atoms with Gasteiger partial charge in [0, 0.05) is 43.6 Å². The third-order valence-electron chi connectivity index (χ3n) is 5.00. The van der Waals surface area contributed by atoms with E-state index in [1.165, 1.54) is 0 Å². The van der Waals surface area contributed by atoms with E-state index in [1.807, 2.05) is 18.2 Å². The summed E-state index contributed by atoms with van der Waals surface area (Å²) in [6.07, 6.45) is 3.29. The van der Waals surface area contributed by atoms with E-state index in [1.54, 1.807) is 30.6 Å². The average Bonchev–Trinajstić information content (AvgIpc) is 3.17. The Bertz CT molecular complexity index is 1060. The van der Waals surface area contributed by atoms with Gasteiger partial charge in [-0.05, 0) is 43.4 Å². The molecule has 1 saturated heterocycles. The van der Waals surface area contributed by atoms with Crippen molar-refractivity contribution in [3.63, 3.8) is 0 Å². The first-order chi connectivity index (χ1) is 15.0. The highest BCUT2D eigenvalue weighted by Gasteiger charge is 2.20. The van der Waals surface area contributed by atoms with Crippen LogP contribution in [-0.2, 0) is 0 Å². The molecule has 1 aliphatic rings. The number of pyridine rings is 1. The normalized spacial score (nSPS) is 14.3. The molecule has 0 saturated carbocycles. The molecule has 1 fully saturated rings. The van der Waals surface area contributed by atoms with Crippen molar-refractivity contribution >= 4 is 44.7 Å². The molecule has 1 aromatic carbocycles. The second kappa shape index (κ2) is 9.11. The van der Waals surface area contributed by atoms with Gasteiger partial charge in [-0.1, -0.05) is 11.3 Å². The predicted molar refractivity (Wildman–Crippen MR) is 122 cm³/mol. The molecule has 0 aliphatic carbocycles. The minimum atomic E-state index is -0.712. The molecule has 3 aromatic rings. The van der Waals surface area contributed by atoms with Crippen molar-refractivity contribution in [3.8, 4) is 0 Å². The van der Waals surface area contributed by atoms with Gasteiger partial charge in [0.25, 0.3) is 11.8 Å². The molecule has 0 unspecified atom stereocenters. The van der Waals surface area contributed by atoms with Crippen molar-refractivity contribution in [3.05, 3.63) is 60.0 Å². The number of thiazole rings is 1. The maximum absolute atomic E-state index is 12.8. The molecule has 4 N–H and O–H groups in total. The highest BCUT2D eigenvalue weighted by Crippen LogP contribution is 2.31. The van der Waals surface area contributed by atoms with E-state index in [9.17, 15) is 9.59 Å². The summed E-state index contributed by atoms with van der Waals surface area (Å²) in [5.41, 5.74) is 7.75. The number of hydrogen-bond donors (Lipinski definition) is 3. The molecule has 4 rings (SSSR count). The predicted octanol–water partition coefficient (Wildman–Crippen LogP) is 2.38. The molecule has 2 aromatic heterocycles. The van der Waals surface area contributed by atoms with Crippen LogP contribution in [0.2, 0.25) is 0 Å². The van der Waals surface area contributed by atoms with Gasteiger partial charge in [0.2, 0.25) is 0 Å². The lowest BCUT2D eigenvalue weighted by atomic mass is 10.1. The molecular formula is C21H23N7O2S. The van der Waals surface area contributed by atoms with Crippen LogP contribution in [0.25, 0.3) is 0 Å². The maximum atomic E-state index is 12.8. The van der Waals surface area contributed by atoms with Gasteiger partial charge in [0.05, 0.1) is 11.9 Å². The Labute approximate surface area is 183 Å². The fourth-order valence-corrected chi connectivity index (χ4v) is 4.13. The molecular weight excluding hydrogens is 414 g/mol. The van der Waals surface area contributed by atoms with Crippen LogP contribution in [0, 0.1) is 0 Å². The van der Waals surface area contributed by atoms with Crippen molar-refractivity contribution in [1.82, 2.24) is 14.9 Å². The smallest absolute Gasteiger partial charge is 0.270 e. The number of likely N-dealkylation sites (N-methyl/N-ethyl adjacent to an activating group) is 1. The summed E-state index contributed by atoms with van der Waals surface area (Å²) in [6.45, 7) is 3.94. The van der Waals surface area contributed by atoms with Crippen LogP contribution in [0.1, 0.15) is 20.8 Å². The SMILES string of the molecule is CN1CCN(c2ccc(C(=O)Nc3sc(Nc4cccnc4)nc3C(N)=O)cc2)CC1. The number of benzene rings is 1. The Hall–Kier alpha value is -3.50. The highest BCUT2D eigenvalue weighted by molar-refractivity contribution is 7.20. The summed E-state index contributed by atoms with van der Waals surface area (Å²) >= 11 is 1.14. The van der Waals surface area contributed by atoms with Gasteiger partial charge in [-0.3, -0.25) is 14.6 Å². The summed E-state index contributed by atoms with van der Waals surface area (Å²) in [5.74, 6) is -1.04. The average molecular weight is 438 g/mol. The zero-order valence-corrected chi connectivity index (χ0v) is 17.9. The second-order valence-corrected chi connectivity index (χ2v) is 8.22. The number of aromatic nitrogens is 2. The van der Waals surface area contributed by atoms with Gasteiger partial charge in [0.15, 0.2) is 10.8 Å². The van der Waals surface area contributed by atoms with Gasteiger partial charge < -0.3 is 26.2 Å². The number of carbonyl (C=O) groups is 2. The van der Waals surface area contributed by atoms with Crippen molar-refractivity contribution in [1.29, 1.82) is 0 Å². The lowest BCUT2D eigenvalue weighted by molar-refractivity contribution is 0.0997. The number of nitrogens with one attached hydrogen (secondary N) is 2. The van der Waals surface area contributed by atoms with Gasteiger partial charge in [-0.2, -0.15) is 0 Å². The summed E-state index contributed by atoms with van der Waals surface area (Å²) in [5, 5.41) is 6.55. The minimum Gasteiger partial charge on any atom is -0.369 e. The van der Waals surface area contributed by atoms with Crippen molar-refractivity contribution in [2.45, 2.75) is 0 Å². The third kappa shape index (κ3) is 4.98. The summed E-state index contributed by atoms with van der Waals surface area (Å²) in [4.78, 5) is 37.4. The first kappa shape index (κ1) is 20.8. The van der Waals surface area contributed by atoms with Crippen LogP contribution >= 0.6 is 11.3 Å². The molecule has 2 amide bonds. The molecule has 9 nitrogen and oxygen atoms in total. The van der Waals surface area contributed by atoms with Crippen LogP contribution in [0.4, 0.5) is 21.5 Å². The quantitative estimate of drug-likeness (QED) is 0.542. The van der Waals surface area contributed by atoms with Crippen LogP contribution in [0.5, 0.6) is 0 Å². The fraction of sp³-hybridized carbons (Fsp3) is 0.238. The Morgan fingerprint density at radius 3 is 2.48 bits per heavy atom. The number of amides is 2. The number of anilines is 4. The number of nitrogens with two attached hydrogens (primary N) is 1. The first-order valence-corrected chi connectivity index (χ1v) is 10.6. The van der Waals surface area contributed by atoms with E-state index in [-0.39, 0.29) is 11.6 Å². The first-order valence-electron chi connectivity index (χ1n) is 9.82. The summed E-state index contributed by atoms with van der Waals surface area (Å²) in [6, 6.07) is 11.0. The van der Waals surface area contributed by atoms with E-state index >= 15 is 0 Å². The van der Waals surface area contributed by atoms with Crippen LogP contribution in [-0.4, -0.2) is 59.9 Å². The zero-order valence-electron chi connectivity index (χ0n) is 17.0. The van der Waals surface area contributed by atoms with Crippen LogP contribution in [0.15, 0.2) is 48.8 Å². The molecule has 1 aliphatic heterocycles. The number of piperazine rings is 1. The van der Waals surface area contributed by atoms with Crippen molar-refractivity contribution < 1.29 is 9.59 Å². The topological polar surface area (TPSA) is 116 Å². The highest BCUT2D eigenvalue weighted by atomic mass is 32.1. The van der Waals surface area contributed by atoms with Crippen molar-refractivity contribution in [2.75, 3.05) is 48.8 Å². The van der Waals surface area contributed by atoms with Gasteiger partial charge in [-0.25, -0.2) is 4.98 Å². The van der Waals surface area contributed by atoms with E-state index in [4.69, 9.17) is 5.73 Å². The number of carbonyl (C=O) groups excluding carboxylic acids is 2. The Morgan fingerprint density at radius 2 is 1.84 bits per heavy atom. The van der Waals surface area contributed by atoms with E-state index in [0.29, 0.717) is 21.4 Å². The molecule has 10 heteroatoms. The number of rotatable bonds is 6. The van der Waals surface area contributed by atoms with E-state index in [2.05, 4.69) is 37.4 Å². The lowest BCUT2D eigenvalue weighted by Gasteiger charge is -2.34. The zero-order chi connectivity index (χ0) is 21.8. The van der Waals surface area contributed by atoms with Gasteiger partial charge in [0.1, 0.15) is 5.00 Å². The summed E-state index contributed by atoms with van der Waals surface area (Å²) in [7, 11) is 2.11. The number of hydrogen-bond acceptors (Lipinski definition) is 8. The molecule has 160 valence electrons. The Balaban J connectivity index is 1.46. The number of primary amides is 1. The van der Waals surface area contributed by atoms with Crippen molar-refractivity contribution in [2.24, 2.45) is 5.73 Å². The molecule has 0 atom stereocenters. The second-order valence-electron chi connectivity index (χ2n) is 7.22. The lowest BCUT2D eigenvalue weighted by Crippen LogP contribution is -2.44. The Morgan fingerprint density at radius 1 is 1.10 bits per heavy atom. The Kier molecular flexibility index (Phi) is 6.10. The molecule has 3 heterocycles. The molecule has 0 spiro atoms. The summed E-state index contributed by atoms with van der Waals surface area (Å²) < 4.78 is 0. The monoisotopic (exact) mass is 437 g/mol. The largest absolute Gasteiger partial charge is 0.369 e. The fourth-order valence-electron chi connectivity index (χ4n) is 3.25.